The Morgan fingerprint density at radius 3 is 2.84 bits per heavy atom. The van der Waals surface area contributed by atoms with Gasteiger partial charge in [0.25, 0.3) is 0 Å². The Balaban J connectivity index is 2.21. The summed E-state index contributed by atoms with van der Waals surface area (Å²) in [5.74, 6) is 0.799. The summed E-state index contributed by atoms with van der Waals surface area (Å²) in [6.07, 6.45) is 1.55. The predicted molar refractivity (Wildman–Crippen MR) is 78.5 cm³/mol. The van der Waals surface area contributed by atoms with E-state index in [4.69, 9.17) is 0 Å². The summed E-state index contributed by atoms with van der Waals surface area (Å²) in [6.45, 7) is 6.35. The van der Waals surface area contributed by atoms with E-state index in [2.05, 4.69) is 26.0 Å². The van der Waals surface area contributed by atoms with E-state index in [9.17, 15) is 4.79 Å². The van der Waals surface area contributed by atoms with Crippen molar-refractivity contribution in [3.63, 3.8) is 0 Å². The lowest BCUT2D eigenvalue weighted by atomic mass is 9.92. The van der Waals surface area contributed by atoms with E-state index < -0.39 is 5.41 Å². The first-order valence-corrected chi connectivity index (χ1v) is 6.98. The van der Waals surface area contributed by atoms with Crippen LogP contribution < -0.4 is 10.6 Å². The molecule has 0 saturated carbocycles. The number of hydrogen-bond acceptors (Lipinski definition) is 5. The van der Waals surface area contributed by atoms with E-state index in [1.807, 2.05) is 20.8 Å². The van der Waals surface area contributed by atoms with Gasteiger partial charge >= 0.3 is 0 Å². The molecule has 0 aromatic carbocycles. The van der Waals surface area contributed by atoms with E-state index in [-0.39, 0.29) is 5.91 Å². The van der Waals surface area contributed by atoms with Gasteiger partial charge in [-0.15, -0.1) is 11.3 Å². The van der Waals surface area contributed by atoms with Gasteiger partial charge < -0.3 is 10.6 Å². The number of carbonyl (C=O) groups excluding carboxylic acids is 1. The minimum atomic E-state index is -0.488. The summed E-state index contributed by atoms with van der Waals surface area (Å²) in [6, 6.07) is 0. The number of nitrogens with zero attached hydrogens (tertiary/aromatic N) is 2. The molecule has 2 aromatic rings. The Kier molecular flexibility index (Phi) is 3.71. The summed E-state index contributed by atoms with van der Waals surface area (Å²) >= 11 is 1.62. The number of aryl methyl sites for hydroxylation is 1. The van der Waals surface area contributed by atoms with Crippen LogP contribution in [-0.4, -0.2) is 29.5 Å². The van der Waals surface area contributed by atoms with Gasteiger partial charge in [-0.3, -0.25) is 4.79 Å². The fourth-order valence-corrected chi connectivity index (χ4v) is 2.79. The normalized spacial score (nSPS) is 11.6. The number of thiophene rings is 1. The molecule has 2 heterocycles. The van der Waals surface area contributed by atoms with E-state index in [1.54, 1.807) is 24.7 Å². The second-order valence-corrected chi connectivity index (χ2v) is 6.01. The van der Waals surface area contributed by atoms with Crippen molar-refractivity contribution in [1.29, 1.82) is 0 Å². The van der Waals surface area contributed by atoms with Gasteiger partial charge in [0.05, 0.1) is 15.6 Å². The third kappa shape index (κ3) is 2.68. The zero-order valence-corrected chi connectivity index (χ0v) is 12.4. The van der Waals surface area contributed by atoms with Gasteiger partial charge in [0.2, 0.25) is 5.91 Å². The van der Waals surface area contributed by atoms with E-state index in [0.717, 1.165) is 21.6 Å². The molecule has 0 spiro atoms. The molecule has 2 N–H and O–H groups in total. The maximum absolute atomic E-state index is 11.7. The fourth-order valence-electron chi connectivity index (χ4n) is 1.82. The zero-order chi connectivity index (χ0) is 14.0. The summed E-state index contributed by atoms with van der Waals surface area (Å²) in [5.41, 5.74) is 1.63. The SMILES string of the molecule is CNC(=O)C(C)(C)CNc1ncnc2c(C)csc12. The Hall–Kier alpha value is -1.69. The first-order valence-electron chi connectivity index (χ1n) is 6.10. The van der Waals surface area contributed by atoms with Gasteiger partial charge in [0.1, 0.15) is 12.1 Å². The second-order valence-electron chi connectivity index (χ2n) is 5.14. The Bertz CT molecular complexity index is 606. The van der Waals surface area contributed by atoms with Gasteiger partial charge in [-0.2, -0.15) is 0 Å². The number of carbonyl (C=O) groups is 1. The van der Waals surface area contributed by atoms with Crippen LogP contribution in [0.5, 0.6) is 0 Å². The quantitative estimate of drug-likeness (QED) is 0.899. The lowest BCUT2D eigenvalue weighted by Gasteiger charge is -2.23. The molecule has 0 radical (unpaired) electrons. The first kappa shape index (κ1) is 13.7. The van der Waals surface area contributed by atoms with Crippen LogP contribution in [-0.2, 0) is 4.79 Å². The molecule has 5 nitrogen and oxygen atoms in total. The third-order valence-corrected chi connectivity index (χ3v) is 4.16. The monoisotopic (exact) mass is 278 g/mol. The molecule has 6 heteroatoms. The van der Waals surface area contributed by atoms with Gasteiger partial charge in [-0.25, -0.2) is 9.97 Å². The highest BCUT2D eigenvalue weighted by atomic mass is 32.1. The number of fused-ring (bicyclic) bond motifs is 1. The molecule has 0 aliphatic rings. The number of amides is 1. The number of rotatable bonds is 4. The summed E-state index contributed by atoms with van der Waals surface area (Å²) < 4.78 is 1.03. The van der Waals surface area contributed by atoms with Crippen molar-refractivity contribution < 1.29 is 4.79 Å². The standard InChI is InChI=1S/C13H18N4OS/c1-8-5-19-10-9(8)16-7-17-11(10)15-6-13(2,3)12(18)14-4/h5,7H,6H2,1-4H3,(H,14,18)(H,15,16,17). The van der Waals surface area contributed by atoms with Crippen LogP contribution in [0.3, 0.4) is 0 Å². The summed E-state index contributed by atoms with van der Waals surface area (Å²) in [4.78, 5) is 20.3. The van der Waals surface area contributed by atoms with Crippen molar-refractivity contribution in [1.82, 2.24) is 15.3 Å². The minimum absolute atomic E-state index is 0.00709. The number of nitrogens with one attached hydrogen (secondary N) is 2. The molecule has 0 fully saturated rings. The molecule has 0 aliphatic carbocycles. The fraction of sp³-hybridized carbons (Fsp3) is 0.462. The van der Waals surface area contributed by atoms with Crippen molar-refractivity contribution in [2.24, 2.45) is 5.41 Å². The van der Waals surface area contributed by atoms with Crippen LogP contribution in [0.4, 0.5) is 5.82 Å². The van der Waals surface area contributed by atoms with Gasteiger partial charge in [0, 0.05) is 13.6 Å². The molecule has 1 amide bonds. The Morgan fingerprint density at radius 2 is 2.16 bits per heavy atom. The average Bonchev–Trinajstić information content (AvgIpc) is 2.78. The summed E-state index contributed by atoms with van der Waals surface area (Å²) in [7, 11) is 1.65. The highest BCUT2D eigenvalue weighted by Crippen LogP contribution is 2.29. The van der Waals surface area contributed by atoms with Gasteiger partial charge in [0.15, 0.2) is 0 Å². The number of hydrogen-bond donors (Lipinski definition) is 2. The highest BCUT2D eigenvalue weighted by molar-refractivity contribution is 7.18. The van der Waals surface area contributed by atoms with Gasteiger partial charge in [-0.05, 0) is 31.7 Å². The van der Waals surface area contributed by atoms with E-state index in [1.165, 1.54) is 0 Å². The Morgan fingerprint density at radius 1 is 1.42 bits per heavy atom. The molecule has 102 valence electrons. The van der Waals surface area contributed by atoms with Crippen molar-refractivity contribution in [3.05, 3.63) is 17.3 Å². The Labute approximate surface area is 116 Å². The van der Waals surface area contributed by atoms with E-state index >= 15 is 0 Å². The molecule has 0 unspecified atom stereocenters. The van der Waals surface area contributed by atoms with Crippen LogP contribution >= 0.6 is 11.3 Å². The molecule has 2 aromatic heterocycles. The molecular weight excluding hydrogens is 260 g/mol. The largest absolute Gasteiger partial charge is 0.368 e. The lowest BCUT2D eigenvalue weighted by molar-refractivity contribution is -0.128. The highest BCUT2D eigenvalue weighted by Gasteiger charge is 2.26. The van der Waals surface area contributed by atoms with Crippen LogP contribution in [0.2, 0.25) is 0 Å². The topological polar surface area (TPSA) is 66.9 Å². The van der Waals surface area contributed by atoms with Crippen LogP contribution in [0.15, 0.2) is 11.7 Å². The lowest BCUT2D eigenvalue weighted by Crippen LogP contribution is -2.39. The smallest absolute Gasteiger partial charge is 0.227 e. The van der Waals surface area contributed by atoms with Crippen LogP contribution in [0, 0.1) is 12.3 Å². The van der Waals surface area contributed by atoms with Crippen molar-refractivity contribution in [2.45, 2.75) is 20.8 Å². The molecule has 0 atom stereocenters. The molecule has 2 rings (SSSR count). The van der Waals surface area contributed by atoms with Crippen LogP contribution in [0.25, 0.3) is 10.2 Å². The first-order chi connectivity index (χ1) is 8.95. The molecule has 0 aliphatic heterocycles. The van der Waals surface area contributed by atoms with Crippen molar-refractivity contribution in [3.8, 4) is 0 Å². The maximum Gasteiger partial charge on any atom is 0.227 e. The number of aromatic nitrogens is 2. The molecular formula is C13H18N4OS. The third-order valence-electron chi connectivity index (χ3n) is 3.07. The maximum atomic E-state index is 11.7. The van der Waals surface area contributed by atoms with Crippen molar-refractivity contribution in [2.75, 3.05) is 18.9 Å². The summed E-state index contributed by atoms with van der Waals surface area (Å²) in [5, 5.41) is 7.99. The minimum Gasteiger partial charge on any atom is -0.368 e. The zero-order valence-electron chi connectivity index (χ0n) is 11.6. The van der Waals surface area contributed by atoms with Gasteiger partial charge in [-0.1, -0.05) is 0 Å². The number of anilines is 1. The molecule has 19 heavy (non-hydrogen) atoms. The van der Waals surface area contributed by atoms with Crippen molar-refractivity contribution >= 4 is 33.3 Å². The predicted octanol–water partition coefficient (Wildman–Crippen LogP) is 2.18. The average molecular weight is 278 g/mol. The van der Waals surface area contributed by atoms with E-state index in [0.29, 0.717) is 6.54 Å². The second kappa shape index (κ2) is 5.13. The van der Waals surface area contributed by atoms with Crippen LogP contribution in [0.1, 0.15) is 19.4 Å². The molecule has 0 bridgehead atoms. The molecule has 0 saturated heterocycles.